The van der Waals surface area contributed by atoms with Gasteiger partial charge in [0, 0.05) is 17.3 Å². The molecule has 2 amide bonds. The number of hydrogen-bond acceptors (Lipinski definition) is 4. The van der Waals surface area contributed by atoms with Gasteiger partial charge in [0.05, 0.1) is 30.7 Å². The summed E-state index contributed by atoms with van der Waals surface area (Å²) in [4.78, 5) is 27.2. The Kier molecular flexibility index (Phi) is 7.67. The van der Waals surface area contributed by atoms with E-state index in [0.29, 0.717) is 29.4 Å². The Bertz CT molecular complexity index is 1070. The number of anilines is 3. The van der Waals surface area contributed by atoms with Crippen LogP contribution in [0.15, 0.2) is 77.3 Å². The summed E-state index contributed by atoms with van der Waals surface area (Å²) < 4.78 is 6.39. The van der Waals surface area contributed by atoms with Gasteiger partial charge in [-0.3, -0.25) is 9.59 Å². The second-order valence-electron chi connectivity index (χ2n) is 6.92. The van der Waals surface area contributed by atoms with E-state index in [-0.39, 0.29) is 24.7 Å². The van der Waals surface area contributed by atoms with Gasteiger partial charge in [-0.25, -0.2) is 0 Å². The van der Waals surface area contributed by atoms with Crippen molar-refractivity contribution in [1.82, 2.24) is 0 Å². The highest BCUT2D eigenvalue weighted by molar-refractivity contribution is 9.10. The van der Waals surface area contributed by atoms with Crippen molar-refractivity contribution in [2.75, 3.05) is 23.1 Å². The van der Waals surface area contributed by atoms with Crippen LogP contribution in [0.1, 0.15) is 18.4 Å². The summed E-state index contributed by atoms with van der Waals surface area (Å²) in [6.45, 7) is 0.353. The lowest BCUT2D eigenvalue weighted by Gasteiger charge is -2.25. The van der Waals surface area contributed by atoms with Crippen LogP contribution in [-0.2, 0) is 16.1 Å². The van der Waals surface area contributed by atoms with Crippen molar-refractivity contribution in [1.29, 1.82) is 0 Å². The molecule has 7 heteroatoms. The summed E-state index contributed by atoms with van der Waals surface area (Å²) in [6, 6.07) is 22.1. The molecule has 0 heterocycles. The summed E-state index contributed by atoms with van der Waals surface area (Å²) in [6.07, 6.45) is 0.0852. The van der Waals surface area contributed by atoms with E-state index >= 15 is 0 Å². The summed E-state index contributed by atoms with van der Waals surface area (Å²) in [5.41, 5.74) is 8.50. The molecule has 0 aliphatic heterocycles. The zero-order valence-corrected chi connectivity index (χ0v) is 18.8. The third-order valence-electron chi connectivity index (χ3n) is 4.71. The van der Waals surface area contributed by atoms with E-state index in [4.69, 9.17) is 10.5 Å². The second kappa shape index (κ2) is 10.6. The summed E-state index contributed by atoms with van der Waals surface area (Å²) >= 11 is 3.47. The van der Waals surface area contributed by atoms with Crippen molar-refractivity contribution in [3.05, 3.63) is 82.8 Å². The lowest BCUT2D eigenvalue weighted by molar-refractivity contribution is -0.122. The number of para-hydroxylation sites is 4. The van der Waals surface area contributed by atoms with Crippen LogP contribution in [0, 0.1) is 0 Å². The number of methoxy groups -OCH3 is 1. The van der Waals surface area contributed by atoms with Crippen LogP contribution in [0.25, 0.3) is 0 Å². The lowest BCUT2D eigenvalue weighted by Crippen LogP contribution is -2.31. The molecule has 3 N–H and O–H groups in total. The Morgan fingerprint density at radius 1 is 1.00 bits per heavy atom. The van der Waals surface area contributed by atoms with E-state index in [1.807, 2.05) is 42.5 Å². The summed E-state index contributed by atoms with van der Waals surface area (Å²) in [5.74, 6) is 0.140. The molecule has 6 nitrogen and oxygen atoms in total. The molecule has 0 atom stereocenters. The predicted octanol–water partition coefficient (Wildman–Crippen LogP) is 4.99. The molecular weight excluding hydrogens is 458 g/mol. The molecule has 31 heavy (non-hydrogen) atoms. The number of ether oxygens (including phenoxy) is 1. The number of nitrogens with one attached hydrogen (secondary N) is 1. The smallest absolute Gasteiger partial charge is 0.227 e. The average Bonchev–Trinajstić information content (AvgIpc) is 2.77. The van der Waals surface area contributed by atoms with Gasteiger partial charge in [0.1, 0.15) is 5.75 Å². The maximum atomic E-state index is 13.2. The van der Waals surface area contributed by atoms with Crippen molar-refractivity contribution in [3.63, 3.8) is 0 Å². The van der Waals surface area contributed by atoms with Crippen molar-refractivity contribution < 1.29 is 14.3 Å². The zero-order valence-electron chi connectivity index (χ0n) is 17.2. The minimum Gasteiger partial charge on any atom is -0.495 e. The standard InChI is InChI=1S/C24H24BrN3O3/c1-31-22-12-5-4-11-21(22)28(16-17-7-6-8-18(25)15-17)24(30)14-13-23(29)27-20-10-3-2-9-19(20)26/h2-12,15H,13-14,16,26H2,1H3,(H,27,29). The normalized spacial score (nSPS) is 10.4. The maximum absolute atomic E-state index is 13.2. The average molecular weight is 482 g/mol. The molecule has 3 aromatic carbocycles. The molecule has 0 aliphatic carbocycles. The molecule has 160 valence electrons. The Morgan fingerprint density at radius 3 is 2.48 bits per heavy atom. The van der Waals surface area contributed by atoms with E-state index in [2.05, 4.69) is 21.2 Å². The molecule has 0 unspecified atom stereocenters. The first kappa shape index (κ1) is 22.4. The molecule has 0 saturated carbocycles. The van der Waals surface area contributed by atoms with Crippen LogP contribution < -0.4 is 20.7 Å². The highest BCUT2D eigenvalue weighted by atomic mass is 79.9. The molecule has 0 bridgehead atoms. The van der Waals surface area contributed by atoms with Crippen LogP contribution >= 0.6 is 15.9 Å². The largest absolute Gasteiger partial charge is 0.495 e. The highest BCUT2D eigenvalue weighted by Crippen LogP contribution is 2.30. The first-order valence-electron chi connectivity index (χ1n) is 9.80. The number of amides is 2. The number of benzene rings is 3. The monoisotopic (exact) mass is 481 g/mol. The lowest BCUT2D eigenvalue weighted by atomic mass is 10.1. The fraction of sp³-hybridized carbons (Fsp3) is 0.167. The number of hydrogen-bond donors (Lipinski definition) is 2. The molecule has 0 saturated heterocycles. The predicted molar refractivity (Wildman–Crippen MR) is 127 cm³/mol. The van der Waals surface area contributed by atoms with E-state index in [1.54, 1.807) is 42.3 Å². The zero-order chi connectivity index (χ0) is 22.2. The molecule has 3 rings (SSSR count). The molecular formula is C24H24BrN3O3. The molecule has 0 fully saturated rings. The van der Waals surface area contributed by atoms with Gasteiger partial charge in [0.2, 0.25) is 11.8 Å². The number of halogens is 1. The quantitative estimate of drug-likeness (QED) is 0.443. The first-order valence-corrected chi connectivity index (χ1v) is 10.6. The van der Waals surface area contributed by atoms with Crippen molar-refractivity contribution >= 4 is 44.8 Å². The van der Waals surface area contributed by atoms with Gasteiger partial charge in [-0.1, -0.05) is 52.3 Å². The first-order chi connectivity index (χ1) is 15.0. The second-order valence-corrected chi connectivity index (χ2v) is 7.83. The van der Waals surface area contributed by atoms with Crippen LogP contribution in [0.3, 0.4) is 0 Å². The minimum atomic E-state index is -0.270. The fourth-order valence-electron chi connectivity index (χ4n) is 3.16. The molecule has 0 aromatic heterocycles. The Hall–Kier alpha value is -3.32. The number of carbonyl (C=O) groups is 2. The van der Waals surface area contributed by atoms with Crippen molar-refractivity contribution in [3.8, 4) is 5.75 Å². The third-order valence-corrected chi connectivity index (χ3v) is 5.20. The number of nitrogen functional groups attached to an aromatic ring is 1. The molecule has 3 aromatic rings. The Morgan fingerprint density at radius 2 is 1.74 bits per heavy atom. The molecule has 0 aliphatic rings. The Balaban J connectivity index is 1.75. The fourth-order valence-corrected chi connectivity index (χ4v) is 3.60. The molecule has 0 spiro atoms. The van der Waals surface area contributed by atoms with Gasteiger partial charge in [-0.2, -0.15) is 0 Å². The topological polar surface area (TPSA) is 84.7 Å². The summed E-state index contributed by atoms with van der Waals surface area (Å²) in [5, 5.41) is 2.76. The van der Waals surface area contributed by atoms with E-state index < -0.39 is 0 Å². The number of rotatable bonds is 8. The van der Waals surface area contributed by atoms with E-state index in [9.17, 15) is 9.59 Å². The summed E-state index contributed by atoms with van der Waals surface area (Å²) in [7, 11) is 1.57. The van der Waals surface area contributed by atoms with Crippen molar-refractivity contribution in [2.45, 2.75) is 19.4 Å². The highest BCUT2D eigenvalue weighted by Gasteiger charge is 2.21. The van der Waals surface area contributed by atoms with Gasteiger partial charge in [0.25, 0.3) is 0 Å². The van der Waals surface area contributed by atoms with E-state index in [0.717, 1.165) is 10.0 Å². The van der Waals surface area contributed by atoms with Crippen LogP contribution in [0.2, 0.25) is 0 Å². The SMILES string of the molecule is COc1ccccc1N(Cc1cccc(Br)c1)C(=O)CCC(=O)Nc1ccccc1N. The van der Waals surface area contributed by atoms with E-state index in [1.165, 1.54) is 0 Å². The number of nitrogens with zero attached hydrogens (tertiary/aromatic N) is 1. The minimum absolute atomic E-state index is 0.0390. The van der Waals surface area contributed by atoms with Crippen LogP contribution in [0.4, 0.5) is 17.1 Å². The van der Waals surface area contributed by atoms with Gasteiger partial charge in [-0.15, -0.1) is 0 Å². The van der Waals surface area contributed by atoms with Crippen molar-refractivity contribution in [2.24, 2.45) is 0 Å². The van der Waals surface area contributed by atoms with Gasteiger partial charge in [0.15, 0.2) is 0 Å². The number of nitrogens with two attached hydrogens (primary N) is 1. The van der Waals surface area contributed by atoms with Gasteiger partial charge >= 0.3 is 0 Å². The molecule has 0 radical (unpaired) electrons. The van der Waals surface area contributed by atoms with Crippen LogP contribution in [0.5, 0.6) is 5.75 Å². The van der Waals surface area contributed by atoms with Gasteiger partial charge in [-0.05, 0) is 42.0 Å². The maximum Gasteiger partial charge on any atom is 0.227 e. The number of carbonyl (C=O) groups excluding carboxylic acids is 2. The third kappa shape index (κ3) is 6.08. The van der Waals surface area contributed by atoms with Crippen LogP contribution in [-0.4, -0.2) is 18.9 Å². The Labute approximate surface area is 190 Å². The van der Waals surface area contributed by atoms with Gasteiger partial charge < -0.3 is 20.7 Å².